The van der Waals surface area contributed by atoms with Crippen molar-refractivity contribution in [2.24, 2.45) is 5.92 Å². The van der Waals surface area contributed by atoms with Crippen molar-refractivity contribution in [2.75, 3.05) is 13.6 Å². The molecule has 0 aliphatic carbocycles. The van der Waals surface area contributed by atoms with E-state index in [0.717, 1.165) is 0 Å². The van der Waals surface area contributed by atoms with Crippen molar-refractivity contribution < 1.29 is 14.7 Å². The number of amides is 1. The van der Waals surface area contributed by atoms with Gasteiger partial charge in [0.05, 0.1) is 6.42 Å². The van der Waals surface area contributed by atoms with Gasteiger partial charge < -0.3 is 10.0 Å². The Hall–Kier alpha value is -1.06. The van der Waals surface area contributed by atoms with Crippen LogP contribution in [0.3, 0.4) is 0 Å². The van der Waals surface area contributed by atoms with Crippen LogP contribution >= 0.6 is 0 Å². The summed E-state index contributed by atoms with van der Waals surface area (Å²) in [6, 6.07) is 0. The van der Waals surface area contributed by atoms with Crippen molar-refractivity contribution in [3.05, 3.63) is 0 Å². The second kappa shape index (κ2) is 5.56. The Morgan fingerprint density at radius 3 is 2.23 bits per heavy atom. The van der Waals surface area contributed by atoms with E-state index < -0.39 is 5.97 Å². The van der Waals surface area contributed by atoms with Gasteiger partial charge in [-0.3, -0.25) is 9.59 Å². The second-order valence-corrected chi connectivity index (χ2v) is 3.56. The summed E-state index contributed by atoms with van der Waals surface area (Å²) in [6.45, 7) is 4.71. The van der Waals surface area contributed by atoms with Crippen LogP contribution in [0.2, 0.25) is 0 Å². The van der Waals surface area contributed by atoms with Gasteiger partial charge in [0.2, 0.25) is 5.91 Å². The molecule has 4 heteroatoms. The number of hydrogen-bond acceptors (Lipinski definition) is 2. The smallest absolute Gasteiger partial charge is 0.303 e. The van der Waals surface area contributed by atoms with E-state index >= 15 is 0 Å². The molecule has 76 valence electrons. The molecule has 0 rings (SSSR count). The Morgan fingerprint density at radius 2 is 1.85 bits per heavy atom. The number of carboxylic acid groups (broad SMARTS) is 1. The summed E-state index contributed by atoms with van der Waals surface area (Å²) in [5.74, 6) is -0.610. The predicted octanol–water partition coefficient (Wildman–Crippen LogP) is 0.966. The summed E-state index contributed by atoms with van der Waals surface area (Å²) in [4.78, 5) is 23.0. The highest BCUT2D eigenvalue weighted by Gasteiger charge is 2.11. The maximum Gasteiger partial charge on any atom is 0.303 e. The van der Waals surface area contributed by atoms with E-state index in [0.29, 0.717) is 12.5 Å². The van der Waals surface area contributed by atoms with E-state index in [4.69, 9.17) is 5.11 Å². The number of carbonyl (C=O) groups is 2. The third-order valence-electron chi connectivity index (χ3n) is 1.62. The minimum Gasteiger partial charge on any atom is -0.481 e. The molecule has 0 aliphatic rings. The summed E-state index contributed by atoms with van der Waals surface area (Å²) in [5.41, 5.74) is 0. The molecule has 0 unspecified atom stereocenters. The molecule has 13 heavy (non-hydrogen) atoms. The molecule has 0 aromatic carbocycles. The summed E-state index contributed by atoms with van der Waals surface area (Å²) in [6.07, 6.45) is 0.0137. The molecule has 0 bridgehead atoms. The zero-order chi connectivity index (χ0) is 10.4. The SMILES string of the molecule is CC(C)CN(C)C(=O)CCC(=O)O. The van der Waals surface area contributed by atoms with E-state index in [9.17, 15) is 9.59 Å². The highest BCUT2D eigenvalue weighted by molar-refractivity contribution is 5.80. The lowest BCUT2D eigenvalue weighted by Crippen LogP contribution is -2.30. The highest BCUT2D eigenvalue weighted by Crippen LogP contribution is 2.00. The van der Waals surface area contributed by atoms with Gasteiger partial charge in [-0.1, -0.05) is 13.8 Å². The van der Waals surface area contributed by atoms with Gasteiger partial charge in [0, 0.05) is 20.0 Å². The fraction of sp³-hybridized carbons (Fsp3) is 0.778. The average Bonchev–Trinajstić information content (AvgIpc) is 1.98. The molecule has 0 aliphatic heterocycles. The predicted molar refractivity (Wildman–Crippen MR) is 49.3 cm³/mol. The van der Waals surface area contributed by atoms with Crippen LogP contribution < -0.4 is 0 Å². The number of carbonyl (C=O) groups excluding carboxylic acids is 1. The largest absolute Gasteiger partial charge is 0.481 e. The Bertz CT molecular complexity index is 189. The molecule has 0 saturated heterocycles. The first-order valence-corrected chi connectivity index (χ1v) is 4.39. The molecule has 0 fully saturated rings. The lowest BCUT2D eigenvalue weighted by molar-refractivity contribution is -0.140. The van der Waals surface area contributed by atoms with Gasteiger partial charge in [0.15, 0.2) is 0 Å². The van der Waals surface area contributed by atoms with Crippen LogP contribution in [0.5, 0.6) is 0 Å². The van der Waals surface area contributed by atoms with E-state index in [1.807, 2.05) is 13.8 Å². The summed E-state index contributed by atoms with van der Waals surface area (Å²) >= 11 is 0. The number of rotatable bonds is 5. The quantitative estimate of drug-likeness (QED) is 0.697. The van der Waals surface area contributed by atoms with Gasteiger partial charge >= 0.3 is 5.97 Å². The van der Waals surface area contributed by atoms with Gasteiger partial charge in [0.25, 0.3) is 0 Å². The van der Waals surface area contributed by atoms with Crippen molar-refractivity contribution in [2.45, 2.75) is 26.7 Å². The van der Waals surface area contributed by atoms with Gasteiger partial charge in [-0.15, -0.1) is 0 Å². The van der Waals surface area contributed by atoms with Crippen molar-refractivity contribution in [1.82, 2.24) is 4.90 Å². The first-order valence-electron chi connectivity index (χ1n) is 4.39. The second-order valence-electron chi connectivity index (χ2n) is 3.56. The van der Waals surface area contributed by atoms with E-state index in [-0.39, 0.29) is 18.7 Å². The van der Waals surface area contributed by atoms with Gasteiger partial charge in [0.1, 0.15) is 0 Å². The molecule has 0 aromatic rings. The molecule has 0 atom stereocenters. The summed E-state index contributed by atoms with van der Waals surface area (Å²) in [7, 11) is 1.70. The van der Waals surface area contributed by atoms with Crippen LogP contribution in [-0.4, -0.2) is 35.5 Å². The number of aliphatic carboxylic acids is 1. The monoisotopic (exact) mass is 187 g/mol. The van der Waals surface area contributed by atoms with Crippen LogP contribution in [0, 0.1) is 5.92 Å². The normalized spacial score (nSPS) is 10.2. The summed E-state index contributed by atoms with van der Waals surface area (Å²) < 4.78 is 0. The lowest BCUT2D eigenvalue weighted by atomic mass is 10.2. The van der Waals surface area contributed by atoms with Gasteiger partial charge in [-0.2, -0.15) is 0 Å². The van der Waals surface area contributed by atoms with Crippen LogP contribution in [0.15, 0.2) is 0 Å². The zero-order valence-corrected chi connectivity index (χ0v) is 8.41. The fourth-order valence-electron chi connectivity index (χ4n) is 1.05. The van der Waals surface area contributed by atoms with E-state index in [1.54, 1.807) is 11.9 Å². The minimum atomic E-state index is -0.925. The van der Waals surface area contributed by atoms with Crippen molar-refractivity contribution in [1.29, 1.82) is 0 Å². The average molecular weight is 187 g/mol. The highest BCUT2D eigenvalue weighted by atomic mass is 16.4. The van der Waals surface area contributed by atoms with Crippen LogP contribution in [0.25, 0.3) is 0 Å². The van der Waals surface area contributed by atoms with E-state index in [2.05, 4.69) is 0 Å². The molecule has 0 heterocycles. The maximum absolute atomic E-state index is 11.2. The maximum atomic E-state index is 11.2. The molecule has 0 radical (unpaired) electrons. The Balaban J connectivity index is 3.76. The Morgan fingerprint density at radius 1 is 1.31 bits per heavy atom. The van der Waals surface area contributed by atoms with E-state index in [1.165, 1.54) is 0 Å². The standard InChI is InChI=1S/C9H17NO3/c1-7(2)6-10(3)8(11)4-5-9(12)13/h7H,4-6H2,1-3H3,(H,12,13). The number of nitrogens with zero attached hydrogens (tertiary/aromatic N) is 1. The molecule has 1 N–H and O–H groups in total. The zero-order valence-electron chi connectivity index (χ0n) is 8.41. The molecule has 0 spiro atoms. The first-order chi connectivity index (χ1) is 5.93. The fourth-order valence-corrected chi connectivity index (χ4v) is 1.05. The minimum absolute atomic E-state index is 0.0821. The molecule has 4 nitrogen and oxygen atoms in total. The van der Waals surface area contributed by atoms with Crippen LogP contribution in [0.4, 0.5) is 0 Å². The molecule has 0 saturated carbocycles. The number of hydrogen-bond donors (Lipinski definition) is 1. The molecule has 1 amide bonds. The van der Waals surface area contributed by atoms with Crippen LogP contribution in [-0.2, 0) is 9.59 Å². The number of carboxylic acids is 1. The van der Waals surface area contributed by atoms with Crippen molar-refractivity contribution in [3.8, 4) is 0 Å². The van der Waals surface area contributed by atoms with Crippen molar-refractivity contribution in [3.63, 3.8) is 0 Å². The topological polar surface area (TPSA) is 57.6 Å². The van der Waals surface area contributed by atoms with Gasteiger partial charge in [-0.05, 0) is 5.92 Å². The molecular weight excluding hydrogens is 170 g/mol. The summed E-state index contributed by atoms with van der Waals surface area (Å²) in [5, 5.41) is 8.36. The molecular formula is C9H17NO3. The van der Waals surface area contributed by atoms with Crippen LogP contribution in [0.1, 0.15) is 26.7 Å². The Labute approximate surface area is 78.5 Å². The lowest BCUT2D eigenvalue weighted by Gasteiger charge is -2.18. The third kappa shape index (κ3) is 6.13. The Kier molecular flexibility index (Phi) is 5.11. The first kappa shape index (κ1) is 11.9. The van der Waals surface area contributed by atoms with Gasteiger partial charge in [-0.25, -0.2) is 0 Å². The third-order valence-corrected chi connectivity index (χ3v) is 1.62. The molecule has 0 aromatic heterocycles. The van der Waals surface area contributed by atoms with Crippen molar-refractivity contribution >= 4 is 11.9 Å².